The van der Waals surface area contributed by atoms with E-state index in [9.17, 15) is 4.79 Å². The summed E-state index contributed by atoms with van der Waals surface area (Å²) in [6.07, 6.45) is 8.98. The van der Waals surface area contributed by atoms with Gasteiger partial charge >= 0.3 is 5.97 Å². The number of rotatable bonds is 5. The Morgan fingerprint density at radius 2 is 1.95 bits per heavy atom. The van der Waals surface area contributed by atoms with Crippen molar-refractivity contribution < 1.29 is 9.90 Å². The minimum Gasteiger partial charge on any atom is -0.481 e. The summed E-state index contributed by atoms with van der Waals surface area (Å²) in [6.45, 7) is 0. The lowest BCUT2D eigenvalue weighted by atomic mass is 9.80. The third-order valence-corrected chi connectivity index (χ3v) is 4.75. The predicted octanol–water partition coefficient (Wildman–Crippen LogP) is 4.20. The number of aliphatic carboxylic acids is 1. The van der Waals surface area contributed by atoms with Crippen molar-refractivity contribution >= 4 is 5.97 Å². The van der Waals surface area contributed by atoms with Crippen LogP contribution in [0.3, 0.4) is 0 Å². The largest absolute Gasteiger partial charge is 0.481 e. The van der Waals surface area contributed by atoms with Crippen molar-refractivity contribution in [3.8, 4) is 0 Å². The van der Waals surface area contributed by atoms with Crippen molar-refractivity contribution in [2.75, 3.05) is 0 Å². The van der Waals surface area contributed by atoms with Gasteiger partial charge in [-0.25, -0.2) is 0 Å². The van der Waals surface area contributed by atoms with Crippen molar-refractivity contribution in [3.63, 3.8) is 0 Å². The number of unbranched alkanes of at least 4 members (excludes halogenated alkanes) is 1. The molecule has 2 heteroatoms. The van der Waals surface area contributed by atoms with Crippen LogP contribution in [0.1, 0.15) is 43.6 Å². The maximum Gasteiger partial charge on any atom is 0.303 e. The number of benzene rings is 1. The molecule has 20 heavy (non-hydrogen) atoms. The second-order valence-corrected chi connectivity index (χ2v) is 6.07. The Balaban J connectivity index is 1.64. The van der Waals surface area contributed by atoms with Crippen LogP contribution >= 0.6 is 0 Å². The molecule has 0 aromatic heterocycles. The summed E-state index contributed by atoms with van der Waals surface area (Å²) in [5.41, 5.74) is 3.04. The fraction of sp³-hybridized carbons (Fsp3) is 0.444. The van der Waals surface area contributed by atoms with Gasteiger partial charge in [-0.15, -0.1) is 0 Å². The molecule has 105 valence electrons. The first-order valence-corrected chi connectivity index (χ1v) is 7.51. The van der Waals surface area contributed by atoms with Crippen LogP contribution in [0, 0.1) is 18.3 Å². The molecule has 0 saturated heterocycles. The summed E-state index contributed by atoms with van der Waals surface area (Å²) in [5.74, 6) is 1.48. The van der Waals surface area contributed by atoms with Crippen LogP contribution in [0.25, 0.3) is 0 Å². The number of hydrogen-bond acceptors (Lipinski definition) is 1. The normalized spacial score (nSPS) is 30.0. The van der Waals surface area contributed by atoms with Crippen molar-refractivity contribution in [1.82, 2.24) is 0 Å². The van der Waals surface area contributed by atoms with E-state index in [1.165, 1.54) is 24.8 Å². The molecule has 0 heterocycles. The van der Waals surface area contributed by atoms with Gasteiger partial charge in [-0.1, -0.05) is 42.0 Å². The fourth-order valence-electron chi connectivity index (χ4n) is 3.95. The molecule has 3 unspecified atom stereocenters. The highest BCUT2D eigenvalue weighted by molar-refractivity contribution is 5.68. The summed E-state index contributed by atoms with van der Waals surface area (Å²) < 4.78 is 0. The summed E-state index contributed by atoms with van der Waals surface area (Å²) in [6, 6.07) is 10.8. The van der Waals surface area contributed by atoms with Gasteiger partial charge in [0.05, 0.1) is 0 Å². The van der Waals surface area contributed by atoms with Crippen LogP contribution in [0.15, 0.2) is 42.0 Å². The molecule has 1 aromatic carbocycles. The van der Waals surface area contributed by atoms with Gasteiger partial charge in [-0.05, 0) is 55.4 Å². The number of carboxylic acid groups (broad SMARTS) is 1. The molecule has 1 N–H and O–H groups in total. The second kappa shape index (κ2) is 5.82. The van der Waals surface area contributed by atoms with Crippen molar-refractivity contribution in [2.24, 2.45) is 11.8 Å². The molecule has 2 bridgehead atoms. The Morgan fingerprint density at radius 3 is 2.65 bits per heavy atom. The fourth-order valence-corrected chi connectivity index (χ4v) is 3.95. The van der Waals surface area contributed by atoms with Crippen LogP contribution < -0.4 is 0 Å². The van der Waals surface area contributed by atoms with Crippen LogP contribution in [0.4, 0.5) is 0 Å². The zero-order chi connectivity index (χ0) is 13.9. The number of carbonyl (C=O) groups is 1. The maximum atomic E-state index is 10.5. The van der Waals surface area contributed by atoms with E-state index >= 15 is 0 Å². The van der Waals surface area contributed by atoms with E-state index in [-0.39, 0.29) is 6.42 Å². The Bertz CT molecular complexity index is 503. The molecule has 2 nitrogen and oxygen atoms in total. The van der Waals surface area contributed by atoms with E-state index < -0.39 is 5.97 Å². The summed E-state index contributed by atoms with van der Waals surface area (Å²) in [5, 5.41) is 8.65. The monoisotopic (exact) mass is 269 g/mol. The van der Waals surface area contributed by atoms with Gasteiger partial charge in [-0.2, -0.15) is 0 Å². The Kier molecular flexibility index (Phi) is 3.90. The maximum absolute atomic E-state index is 10.5. The molecule has 0 spiro atoms. The second-order valence-electron chi connectivity index (χ2n) is 6.07. The molecule has 2 aliphatic rings. The van der Waals surface area contributed by atoms with Crippen molar-refractivity contribution in [3.05, 3.63) is 54.0 Å². The standard InChI is InChI=1S/C18H21O2/c19-18(20)9-5-4-8-15-10-13-11-16(17(15)12-13)14-6-2-1-3-7-14/h1-3,5-8,13,16-17H,4,9-12H2,(H,19,20). The van der Waals surface area contributed by atoms with E-state index in [2.05, 4.69) is 36.4 Å². The van der Waals surface area contributed by atoms with Gasteiger partial charge in [0.2, 0.25) is 0 Å². The molecule has 3 atom stereocenters. The minimum atomic E-state index is -0.737. The Labute approximate surface area is 120 Å². The molecule has 2 saturated carbocycles. The zero-order valence-electron chi connectivity index (χ0n) is 11.7. The molecule has 2 fully saturated rings. The molecule has 2 aliphatic carbocycles. The molecular weight excluding hydrogens is 248 g/mol. The number of hydrogen-bond donors (Lipinski definition) is 1. The lowest BCUT2D eigenvalue weighted by Crippen LogP contribution is -2.11. The van der Waals surface area contributed by atoms with Crippen molar-refractivity contribution in [1.29, 1.82) is 0 Å². The van der Waals surface area contributed by atoms with Crippen LogP contribution in [-0.4, -0.2) is 11.1 Å². The van der Waals surface area contributed by atoms with E-state index in [0.29, 0.717) is 11.8 Å². The highest BCUT2D eigenvalue weighted by atomic mass is 16.4. The zero-order valence-corrected chi connectivity index (χ0v) is 11.7. The molecule has 1 aromatic rings. The number of fused-ring (bicyclic) bond motifs is 2. The molecule has 1 radical (unpaired) electrons. The Morgan fingerprint density at radius 1 is 1.20 bits per heavy atom. The SMILES string of the molecule is O=C(O)C[CH]CC=C1CC2CC1C(c1ccccc1)C2. The minimum absolute atomic E-state index is 0.167. The molecule has 3 rings (SSSR count). The lowest BCUT2D eigenvalue weighted by Gasteiger charge is -2.25. The first kappa shape index (κ1) is 13.4. The van der Waals surface area contributed by atoms with Gasteiger partial charge in [0.1, 0.15) is 0 Å². The first-order valence-electron chi connectivity index (χ1n) is 7.51. The molecular formula is C18H21O2. The van der Waals surface area contributed by atoms with Crippen LogP contribution in [-0.2, 0) is 4.79 Å². The van der Waals surface area contributed by atoms with E-state index in [0.717, 1.165) is 12.3 Å². The molecule has 0 aliphatic heterocycles. The lowest BCUT2D eigenvalue weighted by molar-refractivity contribution is -0.136. The number of allylic oxidation sites excluding steroid dienone is 2. The van der Waals surface area contributed by atoms with Gasteiger partial charge in [0.15, 0.2) is 0 Å². The average molecular weight is 269 g/mol. The smallest absolute Gasteiger partial charge is 0.303 e. The van der Waals surface area contributed by atoms with Gasteiger partial charge < -0.3 is 5.11 Å². The van der Waals surface area contributed by atoms with E-state index in [4.69, 9.17) is 5.11 Å². The van der Waals surface area contributed by atoms with Crippen LogP contribution in [0.2, 0.25) is 0 Å². The summed E-state index contributed by atoms with van der Waals surface area (Å²) in [7, 11) is 0. The molecule has 0 amide bonds. The van der Waals surface area contributed by atoms with E-state index in [1.807, 2.05) is 6.42 Å². The topological polar surface area (TPSA) is 37.3 Å². The van der Waals surface area contributed by atoms with Gasteiger partial charge in [0, 0.05) is 6.42 Å². The van der Waals surface area contributed by atoms with Gasteiger partial charge in [-0.3, -0.25) is 4.79 Å². The highest BCUT2D eigenvalue weighted by Gasteiger charge is 2.42. The van der Waals surface area contributed by atoms with Crippen molar-refractivity contribution in [2.45, 2.75) is 38.0 Å². The third kappa shape index (κ3) is 2.79. The van der Waals surface area contributed by atoms with E-state index in [1.54, 1.807) is 5.57 Å². The first-order chi connectivity index (χ1) is 9.74. The number of carboxylic acids is 1. The Hall–Kier alpha value is -1.57. The quantitative estimate of drug-likeness (QED) is 0.642. The van der Waals surface area contributed by atoms with Gasteiger partial charge in [0.25, 0.3) is 0 Å². The van der Waals surface area contributed by atoms with Crippen LogP contribution in [0.5, 0.6) is 0 Å². The predicted molar refractivity (Wildman–Crippen MR) is 79.3 cm³/mol. The summed E-state index contributed by atoms with van der Waals surface area (Å²) >= 11 is 0. The summed E-state index contributed by atoms with van der Waals surface area (Å²) in [4.78, 5) is 10.5. The highest BCUT2D eigenvalue weighted by Crippen LogP contribution is 2.55. The average Bonchev–Trinajstić information content (AvgIpc) is 3.04. The third-order valence-electron chi connectivity index (χ3n) is 4.75.